The van der Waals surface area contributed by atoms with E-state index in [-0.39, 0.29) is 16.3 Å². The molecule has 1 fully saturated rings. The van der Waals surface area contributed by atoms with Crippen molar-refractivity contribution in [1.82, 2.24) is 0 Å². The van der Waals surface area contributed by atoms with Crippen LogP contribution in [0.5, 0.6) is 0 Å². The van der Waals surface area contributed by atoms with Gasteiger partial charge in [-0.2, -0.15) is 0 Å². The van der Waals surface area contributed by atoms with Gasteiger partial charge in [0.05, 0.1) is 11.2 Å². The van der Waals surface area contributed by atoms with Gasteiger partial charge in [0.1, 0.15) is 11.7 Å². The van der Waals surface area contributed by atoms with Crippen LogP contribution in [0, 0.1) is 5.92 Å². The fourth-order valence-electron chi connectivity index (χ4n) is 1.27. The van der Waals surface area contributed by atoms with Gasteiger partial charge in [-0.15, -0.1) is 23.5 Å². The first-order chi connectivity index (χ1) is 6.66. The molecule has 1 atom stereocenters. The average molecular weight is 234 g/mol. The van der Waals surface area contributed by atoms with Gasteiger partial charge in [-0.25, -0.2) is 0 Å². The molecule has 0 bridgehead atoms. The molecule has 0 spiro atoms. The Morgan fingerprint density at radius 3 is 2.43 bits per heavy atom. The summed E-state index contributed by atoms with van der Waals surface area (Å²) >= 11 is 3.35. The van der Waals surface area contributed by atoms with Crippen LogP contribution in [-0.4, -0.2) is 34.4 Å². The highest BCUT2D eigenvalue weighted by atomic mass is 32.2. The third kappa shape index (κ3) is 2.92. The Balaban J connectivity index is 2.62. The minimum Gasteiger partial charge on any atom is -0.465 e. The van der Waals surface area contributed by atoms with E-state index in [1.807, 2.05) is 0 Å². The number of hydrogen-bond acceptors (Lipinski definition) is 5. The minimum atomic E-state index is -0.576. The van der Waals surface area contributed by atoms with Gasteiger partial charge in [0.2, 0.25) is 0 Å². The molecule has 0 radical (unpaired) electrons. The summed E-state index contributed by atoms with van der Waals surface area (Å²) in [5.74, 6) is 0.992. The lowest BCUT2D eigenvalue weighted by Gasteiger charge is -2.17. The molecule has 1 saturated heterocycles. The molecule has 1 aliphatic rings. The van der Waals surface area contributed by atoms with Gasteiger partial charge in [0.25, 0.3) is 0 Å². The van der Waals surface area contributed by atoms with Crippen molar-refractivity contribution in [3.05, 3.63) is 0 Å². The summed E-state index contributed by atoms with van der Waals surface area (Å²) in [6, 6.07) is 0. The summed E-state index contributed by atoms with van der Waals surface area (Å²) in [7, 11) is 0. The zero-order valence-corrected chi connectivity index (χ0v) is 9.95. The minimum absolute atomic E-state index is 0.0616. The number of carbonyl (C=O) groups is 2. The predicted molar refractivity (Wildman–Crippen MR) is 59.5 cm³/mol. The van der Waals surface area contributed by atoms with Gasteiger partial charge in [-0.05, 0) is 13.8 Å². The van der Waals surface area contributed by atoms with Gasteiger partial charge in [-0.1, -0.05) is 0 Å². The highest BCUT2D eigenvalue weighted by Crippen LogP contribution is 2.38. The SMILES string of the molecule is CCOC(=O)C(C(C)=O)C1SCCS1. The Labute approximate surface area is 92.3 Å². The summed E-state index contributed by atoms with van der Waals surface area (Å²) in [5.41, 5.74) is 0. The normalized spacial score (nSPS) is 19.3. The number of esters is 1. The molecule has 0 aliphatic carbocycles. The molecule has 0 saturated carbocycles. The number of ketones is 1. The van der Waals surface area contributed by atoms with E-state index in [1.54, 1.807) is 30.4 Å². The molecule has 0 amide bonds. The maximum absolute atomic E-state index is 11.5. The van der Waals surface area contributed by atoms with E-state index in [9.17, 15) is 9.59 Å². The number of carbonyl (C=O) groups excluding carboxylic acids is 2. The largest absolute Gasteiger partial charge is 0.465 e. The van der Waals surface area contributed by atoms with Crippen molar-refractivity contribution in [1.29, 1.82) is 0 Å². The Morgan fingerprint density at radius 1 is 1.43 bits per heavy atom. The van der Waals surface area contributed by atoms with Crippen molar-refractivity contribution in [2.24, 2.45) is 5.92 Å². The smallest absolute Gasteiger partial charge is 0.318 e. The van der Waals surface area contributed by atoms with Gasteiger partial charge in [0, 0.05) is 11.5 Å². The van der Waals surface area contributed by atoms with Crippen molar-refractivity contribution in [2.45, 2.75) is 18.4 Å². The standard InChI is InChI=1S/C9H14O3S2/c1-3-12-8(11)7(6(2)10)9-13-4-5-14-9/h7,9H,3-5H2,1-2H3. The van der Waals surface area contributed by atoms with Gasteiger partial charge in [-0.3, -0.25) is 9.59 Å². The van der Waals surface area contributed by atoms with Gasteiger partial charge in [0.15, 0.2) is 0 Å². The molecule has 1 heterocycles. The Morgan fingerprint density at radius 2 is 2.00 bits per heavy atom. The Kier molecular flexibility index (Phi) is 4.81. The van der Waals surface area contributed by atoms with Crippen LogP contribution in [0.4, 0.5) is 0 Å². The molecule has 0 aromatic rings. The van der Waals surface area contributed by atoms with Crippen LogP contribution in [0.3, 0.4) is 0 Å². The van der Waals surface area contributed by atoms with Crippen molar-refractivity contribution in [3.8, 4) is 0 Å². The van der Waals surface area contributed by atoms with Crippen LogP contribution in [0.25, 0.3) is 0 Å². The first-order valence-corrected chi connectivity index (χ1v) is 6.67. The van der Waals surface area contributed by atoms with E-state index in [4.69, 9.17) is 4.74 Å². The van der Waals surface area contributed by atoms with Crippen molar-refractivity contribution < 1.29 is 14.3 Å². The molecule has 1 aliphatic heterocycles. The molecule has 0 aromatic carbocycles. The molecular weight excluding hydrogens is 220 g/mol. The summed E-state index contributed by atoms with van der Waals surface area (Å²) in [4.78, 5) is 22.8. The lowest BCUT2D eigenvalue weighted by atomic mass is 10.1. The van der Waals surface area contributed by atoms with Crippen LogP contribution < -0.4 is 0 Å². The summed E-state index contributed by atoms with van der Waals surface area (Å²) < 4.78 is 4.95. The lowest BCUT2D eigenvalue weighted by molar-refractivity contribution is -0.150. The molecule has 1 rings (SSSR count). The number of hydrogen-bond donors (Lipinski definition) is 0. The van der Waals surface area contributed by atoms with Crippen LogP contribution >= 0.6 is 23.5 Å². The second-order valence-corrected chi connectivity index (χ2v) is 5.75. The van der Waals surface area contributed by atoms with Crippen molar-refractivity contribution >= 4 is 35.3 Å². The molecule has 3 nitrogen and oxygen atoms in total. The topological polar surface area (TPSA) is 43.4 Å². The monoisotopic (exact) mass is 234 g/mol. The Hall–Kier alpha value is -0.160. The molecule has 5 heteroatoms. The highest BCUT2D eigenvalue weighted by molar-refractivity contribution is 8.20. The first-order valence-electron chi connectivity index (χ1n) is 4.57. The number of ether oxygens (including phenoxy) is 1. The molecular formula is C9H14O3S2. The summed E-state index contributed by atoms with van der Waals surface area (Å²) in [6.07, 6.45) is 0. The maximum atomic E-state index is 11.5. The van der Waals surface area contributed by atoms with E-state index in [1.165, 1.54) is 6.92 Å². The predicted octanol–water partition coefficient (Wildman–Crippen LogP) is 1.56. The van der Waals surface area contributed by atoms with E-state index in [2.05, 4.69) is 0 Å². The van der Waals surface area contributed by atoms with Crippen LogP contribution in [0.1, 0.15) is 13.8 Å². The van der Waals surface area contributed by atoms with E-state index in [0.29, 0.717) is 6.61 Å². The second-order valence-electron chi connectivity index (χ2n) is 2.95. The molecule has 0 N–H and O–H groups in total. The Bertz CT molecular complexity index is 224. The van der Waals surface area contributed by atoms with Crippen LogP contribution in [-0.2, 0) is 14.3 Å². The fourth-order valence-corrected chi connectivity index (χ4v) is 4.46. The molecule has 1 unspecified atom stereocenters. The second kappa shape index (κ2) is 5.66. The van der Waals surface area contributed by atoms with E-state index >= 15 is 0 Å². The molecule has 80 valence electrons. The fraction of sp³-hybridized carbons (Fsp3) is 0.778. The van der Waals surface area contributed by atoms with Crippen molar-refractivity contribution in [2.75, 3.05) is 18.1 Å². The molecule has 14 heavy (non-hydrogen) atoms. The highest BCUT2D eigenvalue weighted by Gasteiger charge is 2.36. The third-order valence-corrected chi connectivity index (χ3v) is 5.05. The van der Waals surface area contributed by atoms with E-state index < -0.39 is 5.92 Å². The maximum Gasteiger partial charge on any atom is 0.318 e. The number of Topliss-reactive ketones (excluding diaryl/α,β-unsaturated/α-hetero) is 1. The van der Waals surface area contributed by atoms with Crippen LogP contribution in [0.15, 0.2) is 0 Å². The zero-order valence-electron chi connectivity index (χ0n) is 8.32. The molecule has 0 aromatic heterocycles. The van der Waals surface area contributed by atoms with Crippen molar-refractivity contribution in [3.63, 3.8) is 0 Å². The quantitative estimate of drug-likeness (QED) is 0.545. The number of rotatable bonds is 4. The lowest BCUT2D eigenvalue weighted by Crippen LogP contribution is -2.31. The average Bonchev–Trinajstić information content (AvgIpc) is 2.57. The summed E-state index contributed by atoms with van der Waals surface area (Å²) in [6.45, 7) is 3.55. The first kappa shape index (κ1) is 11.9. The zero-order chi connectivity index (χ0) is 10.6. The number of thioether (sulfide) groups is 2. The summed E-state index contributed by atoms with van der Waals surface area (Å²) in [5, 5.41) is 0. The van der Waals surface area contributed by atoms with Crippen LogP contribution in [0.2, 0.25) is 0 Å². The van der Waals surface area contributed by atoms with Gasteiger partial charge >= 0.3 is 5.97 Å². The van der Waals surface area contributed by atoms with Gasteiger partial charge < -0.3 is 4.74 Å². The van der Waals surface area contributed by atoms with E-state index in [0.717, 1.165) is 11.5 Å². The third-order valence-electron chi connectivity index (χ3n) is 1.90.